The molecule has 4 aromatic rings. The number of benzene rings is 1. The number of rotatable bonds is 8. The Kier molecular flexibility index (Phi) is 6.14. The van der Waals surface area contributed by atoms with E-state index in [2.05, 4.69) is 26.2 Å². The molecule has 3 heterocycles. The summed E-state index contributed by atoms with van der Waals surface area (Å²) in [7, 11) is 0. The second-order valence-corrected chi connectivity index (χ2v) is 8.94. The standard InChI is InChI=1S/C20H15N5OS3/c21-10-15(19-22-16(11-28-19)13-5-2-1-3-6-13)17(26)12-29-20-23-18(24-25-20)9-14-7-4-8-27-14/h1-8,11,15H,9,12H2,(H,23,24,25). The van der Waals surface area contributed by atoms with Crippen LogP contribution in [0.3, 0.4) is 0 Å². The first kappa shape index (κ1) is 19.5. The Morgan fingerprint density at radius 2 is 2.03 bits per heavy atom. The summed E-state index contributed by atoms with van der Waals surface area (Å²) < 4.78 is 0. The van der Waals surface area contributed by atoms with Crippen molar-refractivity contribution >= 4 is 40.2 Å². The number of Topliss-reactive ketones (excluding diaryl/α,β-unsaturated/α-hetero) is 1. The van der Waals surface area contributed by atoms with Crippen LogP contribution in [0.25, 0.3) is 11.3 Å². The summed E-state index contributed by atoms with van der Waals surface area (Å²) in [6, 6.07) is 15.8. The SMILES string of the molecule is N#CC(C(=O)CSc1n[nH]c(Cc2cccs2)n1)c1nc(-c2ccccc2)cs1. The highest BCUT2D eigenvalue weighted by Crippen LogP contribution is 2.28. The topological polar surface area (TPSA) is 95.3 Å². The van der Waals surface area contributed by atoms with E-state index in [4.69, 9.17) is 0 Å². The first-order valence-electron chi connectivity index (χ1n) is 8.72. The minimum Gasteiger partial charge on any atom is -0.297 e. The minimum absolute atomic E-state index is 0.120. The van der Waals surface area contributed by atoms with Crippen molar-refractivity contribution in [2.24, 2.45) is 0 Å². The van der Waals surface area contributed by atoms with Gasteiger partial charge in [-0.2, -0.15) is 5.26 Å². The Morgan fingerprint density at radius 3 is 2.79 bits per heavy atom. The van der Waals surface area contributed by atoms with E-state index in [9.17, 15) is 10.1 Å². The maximum Gasteiger partial charge on any atom is 0.208 e. The van der Waals surface area contributed by atoms with Crippen molar-refractivity contribution in [2.75, 3.05) is 5.75 Å². The van der Waals surface area contributed by atoms with Crippen LogP contribution in [-0.4, -0.2) is 31.7 Å². The largest absolute Gasteiger partial charge is 0.297 e. The fourth-order valence-corrected chi connectivity index (χ4v) is 4.97. The average molecular weight is 438 g/mol. The van der Waals surface area contributed by atoms with E-state index in [1.165, 1.54) is 28.0 Å². The maximum absolute atomic E-state index is 12.6. The predicted molar refractivity (Wildman–Crippen MR) is 115 cm³/mol. The summed E-state index contributed by atoms with van der Waals surface area (Å²) in [4.78, 5) is 22.7. The van der Waals surface area contributed by atoms with Crippen LogP contribution in [0.4, 0.5) is 0 Å². The third kappa shape index (κ3) is 4.79. The van der Waals surface area contributed by atoms with Crippen molar-refractivity contribution in [1.29, 1.82) is 5.26 Å². The Bertz CT molecular complexity index is 1130. The summed E-state index contributed by atoms with van der Waals surface area (Å²) in [6.45, 7) is 0. The molecule has 0 aliphatic heterocycles. The molecule has 0 saturated heterocycles. The summed E-state index contributed by atoms with van der Waals surface area (Å²) in [5, 5.41) is 21.5. The van der Waals surface area contributed by atoms with Gasteiger partial charge >= 0.3 is 0 Å². The van der Waals surface area contributed by atoms with Crippen molar-refractivity contribution in [3.8, 4) is 17.3 Å². The number of thioether (sulfide) groups is 1. The van der Waals surface area contributed by atoms with Crippen molar-refractivity contribution in [1.82, 2.24) is 20.2 Å². The number of thiazole rings is 1. The van der Waals surface area contributed by atoms with Gasteiger partial charge in [0.1, 0.15) is 10.8 Å². The lowest BCUT2D eigenvalue weighted by Crippen LogP contribution is -2.13. The van der Waals surface area contributed by atoms with Crippen LogP contribution in [0.5, 0.6) is 0 Å². The Labute approximate surface area is 179 Å². The lowest BCUT2D eigenvalue weighted by atomic mass is 10.1. The molecular weight excluding hydrogens is 422 g/mol. The van der Waals surface area contributed by atoms with Gasteiger partial charge in [0.25, 0.3) is 0 Å². The van der Waals surface area contributed by atoms with Gasteiger partial charge < -0.3 is 0 Å². The number of H-pyrrole nitrogens is 1. The van der Waals surface area contributed by atoms with Crippen LogP contribution < -0.4 is 0 Å². The molecule has 0 saturated carbocycles. The molecule has 0 spiro atoms. The third-order valence-electron chi connectivity index (χ3n) is 4.07. The van der Waals surface area contributed by atoms with Crippen LogP contribution in [0.2, 0.25) is 0 Å². The average Bonchev–Trinajstić information content (AvgIpc) is 3.51. The molecule has 0 bridgehead atoms. The summed E-state index contributed by atoms with van der Waals surface area (Å²) in [5.74, 6) is -0.202. The lowest BCUT2D eigenvalue weighted by Gasteiger charge is -2.03. The van der Waals surface area contributed by atoms with Crippen molar-refractivity contribution in [3.63, 3.8) is 0 Å². The second kappa shape index (κ2) is 9.13. The zero-order valence-corrected chi connectivity index (χ0v) is 17.6. The monoisotopic (exact) mass is 437 g/mol. The van der Waals surface area contributed by atoms with Crippen LogP contribution in [-0.2, 0) is 11.2 Å². The number of thiophene rings is 1. The smallest absolute Gasteiger partial charge is 0.208 e. The number of carbonyl (C=O) groups excluding carboxylic acids is 1. The molecule has 9 heteroatoms. The summed E-state index contributed by atoms with van der Waals surface area (Å²) >= 11 is 4.22. The van der Waals surface area contributed by atoms with Gasteiger partial charge in [0.15, 0.2) is 11.7 Å². The highest BCUT2D eigenvalue weighted by atomic mass is 32.2. The first-order valence-corrected chi connectivity index (χ1v) is 11.5. The van der Waals surface area contributed by atoms with E-state index in [1.54, 1.807) is 11.3 Å². The number of nitrogens with one attached hydrogen (secondary N) is 1. The second-order valence-electron chi connectivity index (χ2n) is 6.07. The van der Waals surface area contributed by atoms with Crippen molar-refractivity contribution < 1.29 is 4.79 Å². The van der Waals surface area contributed by atoms with E-state index in [0.717, 1.165) is 17.1 Å². The molecular formula is C20H15N5OS3. The number of hydrogen-bond donors (Lipinski definition) is 1. The number of nitrogens with zero attached hydrogens (tertiary/aromatic N) is 4. The zero-order chi connectivity index (χ0) is 20.1. The molecule has 1 aromatic carbocycles. The molecule has 0 fully saturated rings. The van der Waals surface area contributed by atoms with Crippen molar-refractivity contribution in [2.45, 2.75) is 17.5 Å². The van der Waals surface area contributed by atoms with Crippen LogP contribution in [0, 0.1) is 11.3 Å². The molecule has 0 radical (unpaired) electrons. The number of ketones is 1. The van der Waals surface area contributed by atoms with Gasteiger partial charge in [-0.25, -0.2) is 9.97 Å². The maximum atomic E-state index is 12.6. The first-order chi connectivity index (χ1) is 14.2. The normalized spacial score (nSPS) is 11.8. The summed E-state index contributed by atoms with van der Waals surface area (Å²) in [6.07, 6.45) is 0.682. The van der Waals surface area contributed by atoms with Crippen LogP contribution in [0.15, 0.2) is 58.4 Å². The van der Waals surface area contributed by atoms with Gasteiger partial charge in [0.2, 0.25) is 5.16 Å². The summed E-state index contributed by atoms with van der Waals surface area (Å²) in [5.41, 5.74) is 1.74. The lowest BCUT2D eigenvalue weighted by molar-refractivity contribution is -0.116. The molecule has 144 valence electrons. The fourth-order valence-electron chi connectivity index (χ4n) is 2.65. The highest BCUT2D eigenvalue weighted by molar-refractivity contribution is 7.99. The Balaban J connectivity index is 1.38. The quantitative estimate of drug-likeness (QED) is 0.406. The molecule has 1 atom stereocenters. The van der Waals surface area contributed by atoms with E-state index >= 15 is 0 Å². The Hall–Kier alpha value is -2.80. The van der Waals surface area contributed by atoms with Gasteiger partial charge in [0.05, 0.1) is 17.5 Å². The van der Waals surface area contributed by atoms with Gasteiger partial charge in [-0.15, -0.1) is 27.8 Å². The highest BCUT2D eigenvalue weighted by Gasteiger charge is 2.24. The molecule has 1 unspecified atom stereocenters. The molecule has 1 N–H and O–H groups in total. The van der Waals surface area contributed by atoms with Gasteiger partial charge in [-0.3, -0.25) is 9.89 Å². The van der Waals surface area contributed by atoms with Crippen molar-refractivity contribution in [3.05, 3.63) is 68.9 Å². The zero-order valence-electron chi connectivity index (χ0n) is 15.1. The van der Waals surface area contributed by atoms with Gasteiger partial charge in [-0.1, -0.05) is 48.2 Å². The number of carbonyl (C=O) groups is 1. The Morgan fingerprint density at radius 1 is 1.17 bits per heavy atom. The molecule has 4 rings (SSSR count). The molecule has 0 aliphatic carbocycles. The molecule has 0 amide bonds. The predicted octanol–water partition coefficient (Wildman–Crippen LogP) is 4.55. The minimum atomic E-state index is -0.880. The number of hydrogen-bond acceptors (Lipinski definition) is 8. The van der Waals surface area contributed by atoms with E-state index in [1.807, 2.05) is 53.2 Å². The third-order valence-corrected chi connectivity index (χ3v) is 6.72. The number of nitriles is 1. The molecule has 3 aromatic heterocycles. The molecule has 6 nitrogen and oxygen atoms in total. The fraction of sp³-hybridized carbons (Fsp3) is 0.150. The number of aromatic amines is 1. The van der Waals surface area contributed by atoms with E-state index in [0.29, 0.717) is 16.6 Å². The van der Waals surface area contributed by atoms with Gasteiger partial charge in [-0.05, 0) is 11.4 Å². The molecule has 0 aliphatic rings. The van der Waals surface area contributed by atoms with E-state index in [-0.39, 0.29) is 11.5 Å². The number of aromatic nitrogens is 4. The van der Waals surface area contributed by atoms with E-state index < -0.39 is 5.92 Å². The van der Waals surface area contributed by atoms with Crippen LogP contribution >= 0.6 is 34.4 Å². The van der Waals surface area contributed by atoms with Crippen LogP contribution in [0.1, 0.15) is 21.6 Å². The molecule has 29 heavy (non-hydrogen) atoms. The van der Waals surface area contributed by atoms with Gasteiger partial charge in [0, 0.05) is 22.2 Å².